The van der Waals surface area contributed by atoms with Crippen LogP contribution in [0.25, 0.3) is 5.65 Å². The molecule has 2 aromatic rings. The third kappa shape index (κ3) is 2.62. The lowest BCUT2D eigenvalue weighted by atomic mass is 9.87. The predicted molar refractivity (Wildman–Crippen MR) is 84.4 cm³/mol. The maximum Gasteiger partial charge on any atom is 0.254 e. The minimum absolute atomic E-state index is 0.0607. The van der Waals surface area contributed by atoms with Crippen molar-refractivity contribution in [3.05, 3.63) is 36.3 Å². The number of amides is 1. The van der Waals surface area contributed by atoms with Gasteiger partial charge in [-0.05, 0) is 31.4 Å². The lowest BCUT2D eigenvalue weighted by Gasteiger charge is -2.45. The standard InChI is InChI=1S/C17H21N3O3/c1-22-13-2-3-15-14(11-13)20(8-9-23-15)17(21)12-4-6-19-7-5-18-16(19)10-12/h4-7,10,13-15H,2-3,8-9,11H2,1H3/t13-,14-,15+/m1/s1. The molecule has 2 aromatic heterocycles. The third-order valence-electron chi connectivity index (χ3n) is 5.01. The first-order valence-electron chi connectivity index (χ1n) is 8.14. The number of morpholine rings is 1. The summed E-state index contributed by atoms with van der Waals surface area (Å²) >= 11 is 0. The first-order chi connectivity index (χ1) is 11.3. The van der Waals surface area contributed by atoms with Gasteiger partial charge in [0.1, 0.15) is 5.65 Å². The highest BCUT2D eigenvalue weighted by Gasteiger charge is 2.40. The van der Waals surface area contributed by atoms with Crippen molar-refractivity contribution in [2.45, 2.75) is 37.5 Å². The van der Waals surface area contributed by atoms with E-state index >= 15 is 0 Å². The number of aromatic nitrogens is 2. The highest BCUT2D eigenvalue weighted by molar-refractivity contribution is 5.95. The molecule has 3 heterocycles. The van der Waals surface area contributed by atoms with Crippen molar-refractivity contribution in [3.63, 3.8) is 0 Å². The van der Waals surface area contributed by atoms with Gasteiger partial charge in [0.15, 0.2) is 0 Å². The Morgan fingerprint density at radius 3 is 3.17 bits per heavy atom. The summed E-state index contributed by atoms with van der Waals surface area (Å²) in [5.41, 5.74) is 1.47. The molecule has 2 fully saturated rings. The molecule has 0 aromatic carbocycles. The van der Waals surface area contributed by atoms with Crippen LogP contribution >= 0.6 is 0 Å². The van der Waals surface area contributed by atoms with E-state index < -0.39 is 0 Å². The molecule has 4 rings (SSSR count). The zero-order valence-electron chi connectivity index (χ0n) is 13.2. The Labute approximate surface area is 135 Å². The van der Waals surface area contributed by atoms with Gasteiger partial charge in [-0.2, -0.15) is 0 Å². The molecule has 1 aliphatic heterocycles. The third-order valence-corrected chi connectivity index (χ3v) is 5.01. The van der Waals surface area contributed by atoms with Gasteiger partial charge in [-0.15, -0.1) is 0 Å². The normalized spacial score (nSPS) is 27.9. The van der Waals surface area contributed by atoms with Crippen LogP contribution in [0.4, 0.5) is 0 Å². The molecule has 6 nitrogen and oxygen atoms in total. The van der Waals surface area contributed by atoms with Crippen molar-refractivity contribution >= 4 is 11.6 Å². The van der Waals surface area contributed by atoms with Crippen LogP contribution in [0.5, 0.6) is 0 Å². The molecule has 0 radical (unpaired) electrons. The van der Waals surface area contributed by atoms with Crippen molar-refractivity contribution in [1.82, 2.24) is 14.3 Å². The summed E-state index contributed by atoms with van der Waals surface area (Å²) in [7, 11) is 1.74. The SMILES string of the molecule is CO[C@@H]1CC[C@@H]2OCCN(C(=O)c3ccn4ccnc4c3)[C@@H]2C1. The summed E-state index contributed by atoms with van der Waals surface area (Å²) < 4.78 is 13.3. The van der Waals surface area contributed by atoms with Gasteiger partial charge in [0.25, 0.3) is 5.91 Å². The van der Waals surface area contributed by atoms with Gasteiger partial charge in [-0.1, -0.05) is 0 Å². The summed E-state index contributed by atoms with van der Waals surface area (Å²) in [6.45, 7) is 1.24. The van der Waals surface area contributed by atoms with Crippen LogP contribution in [-0.4, -0.2) is 58.7 Å². The summed E-state index contributed by atoms with van der Waals surface area (Å²) in [5.74, 6) is 0.0607. The van der Waals surface area contributed by atoms with Crippen LogP contribution in [0.3, 0.4) is 0 Å². The van der Waals surface area contributed by atoms with E-state index in [1.54, 1.807) is 13.3 Å². The first-order valence-corrected chi connectivity index (χ1v) is 8.14. The Kier molecular flexibility index (Phi) is 3.79. The molecule has 1 aliphatic carbocycles. The average molecular weight is 315 g/mol. The Hall–Kier alpha value is -1.92. The fraction of sp³-hybridized carbons (Fsp3) is 0.529. The fourth-order valence-corrected chi connectivity index (χ4v) is 3.75. The molecular weight excluding hydrogens is 294 g/mol. The minimum atomic E-state index is 0.0607. The summed E-state index contributed by atoms with van der Waals surface area (Å²) in [4.78, 5) is 19.2. The Morgan fingerprint density at radius 2 is 2.30 bits per heavy atom. The molecule has 0 bridgehead atoms. The number of imidazole rings is 1. The Morgan fingerprint density at radius 1 is 1.39 bits per heavy atom. The number of nitrogens with zero attached hydrogens (tertiary/aromatic N) is 3. The number of carbonyl (C=O) groups is 1. The lowest BCUT2D eigenvalue weighted by molar-refractivity contribution is -0.101. The summed E-state index contributed by atoms with van der Waals surface area (Å²) in [5, 5.41) is 0. The number of rotatable bonds is 2. The molecule has 2 aliphatic rings. The molecule has 3 atom stereocenters. The van der Waals surface area contributed by atoms with Gasteiger partial charge >= 0.3 is 0 Å². The molecule has 23 heavy (non-hydrogen) atoms. The summed E-state index contributed by atoms with van der Waals surface area (Å²) in [6.07, 6.45) is 8.63. The van der Waals surface area contributed by atoms with Gasteiger partial charge in [0.2, 0.25) is 0 Å². The van der Waals surface area contributed by atoms with E-state index in [1.807, 2.05) is 33.8 Å². The first kappa shape index (κ1) is 14.7. The largest absolute Gasteiger partial charge is 0.381 e. The van der Waals surface area contributed by atoms with Gasteiger partial charge in [0.05, 0.1) is 24.9 Å². The highest BCUT2D eigenvalue weighted by Crippen LogP contribution is 2.31. The van der Waals surface area contributed by atoms with Crippen LogP contribution in [0.15, 0.2) is 30.7 Å². The van der Waals surface area contributed by atoms with Crippen LogP contribution in [0.1, 0.15) is 29.6 Å². The highest BCUT2D eigenvalue weighted by atomic mass is 16.5. The second kappa shape index (κ2) is 5.94. The number of ether oxygens (including phenoxy) is 2. The molecule has 6 heteroatoms. The number of fused-ring (bicyclic) bond motifs is 2. The van der Waals surface area contributed by atoms with Crippen molar-refractivity contribution < 1.29 is 14.3 Å². The van der Waals surface area contributed by atoms with Gasteiger partial charge in [-0.3, -0.25) is 4.79 Å². The van der Waals surface area contributed by atoms with Gasteiger partial charge in [0, 0.05) is 37.8 Å². The average Bonchev–Trinajstić information content (AvgIpc) is 3.07. The van der Waals surface area contributed by atoms with Gasteiger partial charge < -0.3 is 18.8 Å². The second-order valence-electron chi connectivity index (χ2n) is 6.25. The van der Waals surface area contributed by atoms with Crippen molar-refractivity contribution in [2.75, 3.05) is 20.3 Å². The summed E-state index contributed by atoms with van der Waals surface area (Å²) in [6, 6.07) is 3.81. The molecule has 1 amide bonds. The Bertz CT molecular complexity index is 714. The second-order valence-corrected chi connectivity index (χ2v) is 6.25. The molecule has 0 N–H and O–H groups in total. The van der Waals surface area contributed by atoms with Crippen LogP contribution in [0.2, 0.25) is 0 Å². The van der Waals surface area contributed by atoms with E-state index in [-0.39, 0.29) is 24.2 Å². The molecule has 0 spiro atoms. The molecule has 122 valence electrons. The Balaban J connectivity index is 1.60. The minimum Gasteiger partial charge on any atom is -0.381 e. The topological polar surface area (TPSA) is 56.1 Å². The van der Waals surface area contributed by atoms with E-state index in [1.165, 1.54) is 0 Å². The monoisotopic (exact) mass is 315 g/mol. The van der Waals surface area contributed by atoms with Crippen LogP contribution in [0, 0.1) is 0 Å². The van der Waals surface area contributed by atoms with Crippen LogP contribution < -0.4 is 0 Å². The molecule has 1 saturated heterocycles. The lowest BCUT2D eigenvalue weighted by Crippen LogP contribution is -2.56. The smallest absolute Gasteiger partial charge is 0.254 e. The van der Waals surface area contributed by atoms with E-state index in [2.05, 4.69) is 4.98 Å². The fourth-order valence-electron chi connectivity index (χ4n) is 3.75. The molecule has 1 saturated carbocycles. The van der Waals surface area contributed by atoms with E-state index in [0.29, 0.717) is 18.7 Å². The van der Waals surface area contributed by atoms with E-state index in [0.717, 1.165) is 24.9 Å². The number of pyridine rings is 1. The number of methoxy groups -OCH3 is 1. The number of hydrogen-bond acceptors (Lipinski definition) is 4. The quantitative estimate of drug-likeness (QED) is 0.847. The van der Waals surface area contributed by atoms with E-state index in [9.17, 15) is 4.79 Å². The predicted octanol–water partition coefficient (Wildman–Crippen LogP) is 1.74. The van der Waals surface area contributed by atoms with Crippen molar-refractivity contribution in [1.29, 1.82) is 0 Å². The maximum absolute atomic E-state index is 13.0. The zero-order chi connectivity index (χ0) is 15.8. The van der Waals surface area contributed by atoms with Crippen LogP contribution in [-0.2, 0) is 9.47 Å². The van der Waals surface area contributed by atoms with Gasteiger partial charge in [-0.25, -0.2) is 4.98 Å². The number of hydrogen-bond donors (Lipinski definition) is 0. The molecule has 0 unspecified atom stereocenters. The maximum atomic E-state index is 13.0. The molecular formula is C17H21N3O3. The van der Waals surface area contributed by atoms with E-state index in [4.69, 9.17) is 9.47 Å². The van der Waals surface area contributed by atoms with Crippen molar-refractivity contribution in [3.8, 4) is 0 Å². The number of carbonyl (C=O) groups excluding carboxylic acids is 1. The zero-order valence-corrected chi connectivity index (χ0v) is 13.2. The van der Waals surface area contributed by atoms with Crippen molar-refractivity contribution in [2.24, 2.45) is 0 Å².